The molecule has 1 saturated carbocycles. The second-order valence-corrected chi connectivity index (χ2v) is 7.18. The lowest BCUT2D eigenvalue weighted by molar-refractivity contribution is 0.331. The van der Waals surface area contributed by atoms with Crippen LogP contribution in [0.15, 0.2) is 24.3 Å². The molecule has 0 aromatic heterocycles. The van der Waals surface area contributed by atoms with Gasteiger partial charge in [0.15, 0.2) is 0 Å². The molecule has 0 bridgehead atoms. The molecule has 100 valence electrons. The van der Waals surface area contributed by atoms with Crippen LogP contribution in [0.3, 0.4) is 0 Å². The summed E-state index contributed by atoms with van der Waals surface area (Å²) >= 11 is 10.0. The minimum absolute atomic E-state index is 0.569. The lowest BCUT2D eigenvalue weighted by atomic mass is 9.85. The van der Waals surface area contributed by atoms with Gasteiger partial charge in [-0.15, -0.1) is 0 Å². The third-order valence-corrected chi connectivity index (χ3v) is 5.16. The summed E-state index contributed by atoms with van der Waals surface area (Å²) in [6, 6.07) is 8.19. The van der Waals surface area contributed by atoms with Crippen molar-refractivity contribution in [2.24, 2.45) is 5.92 Å². The molecule has 1 aliphatic carbocycles. The van der Waals surface area contributed by atoms with Gasteiger partial charge in [-0.3, -0.25) is 0 Å². The highest BCUT2D eigenvalue weighted by atomic mass is 79.9. The van der Waals surface area contributed by atoms with Gasteiger partial charge in [0.25, 0.3) is 0 Å². The highest BCUT2D eigenvalue weighted by molar-refractivity contribution is 9.09. The summed E-state index contributed by atoms with van der Waals surface area (Å²) < 4.78 is 0. The molecule has 0 heterocycles. The predicted octanol–water partition coefficient (Wildman–Crippen LogP) is 6.01. The SMILES string of the molecule is Clc1ccccc1CC(Br)CCC1CCCCC1. The first kappa shape index (κ1) is 14.4. The standard InChI is InChI=1S/C16H22BrCl/c17-15(11-10-13-6-2-1-3-7-13)12-14-8-4-5-9-16(14)18/h4-5,8-9,13,15H,1-3,6-7,10-12H2. The number of benzene rings is 1. The van der Waals surface area contributed by atoms with E-state index in [9.17, 15) is 0 Å². The Hall–Kier alpha value is -0.0100. The molecule has 0 N–H and O–H groups in total. The lowest BCUT2D eigenvalue weighted by Crippen LogP contribution is -2.10. The molecular formula is C16H22BrCl. The third kappa shape index (κ3) is 4.59. The fourth-order valence-electron chi connectivity index (χ4n) is 2.90. The van der Waals surface area contributed by atoms with Crippen molar-refractivity contribution in [3.63, 3.8) is 0 Å². The number of hydrogen-bond donors (Lipinski definition) is 0. The zero-order valence-corrected chi connectivity index (χ0v) is 13.2. The Bertz CT molecular complexity index is 358. The number of halogens is 2. The van der Waals surface area contributed by atoms with Crippen molar-refractivity contribution in [2.45, 2.75) is 56.2 Å². The van der Waals surface area contributed by atoms with Crippen molar-refractivity contribution in [1.29, 1.82) is 0 Å². The van der Waals surface area contributed by atoms with Crippen LogP contribution in [0.25, 0.3) is 0 Å². The van der Waals surface area contributed by atoms with E-state index in [1.54, 1.807) is 0 Å². The van der Waals surface area contributed by atoms with E-state index in [4.69, 9.17) is 11.6 Å². The van der Waals surface area contributed by atoms with Gasteiger partial charge >= 0.3 is 0 Å². The van der Waals surface area contributed by atoms with Gasteiger partial charge in [0.2, 0.25) is 0 Å². The molecule has 1 unspecified atom stereocenters. The summed E-state index contributed by atoms with van der Waals surface area (Å²) in [4.78, 5) is 0.569. The number of alkyl halides is 1. The van der Waals surface area contributed by atoms with Crippen LogP contribution in [0.2, 0.25) is 5.02 Å². The monoisotopic (exact) mass is 328 g/mol. The van der Waals surface area contributed by atoms with Crippen LogP contribution in [0.1, 0.15) is 50.5 Å². The molecule has 1 fully saturated rings. The van der Waals surface area contributed by atoms with Crippen LogP contribution in [-0.4, -0.2) is 4.83 Å². The van der Waals surface area contributed by atoms with Gasteiger partial charge in [0.1, 0.15) is 0 Å². The quantitative estimate of drug-likeness (QED) is 0.581. The number of rotatable bonds is 5. The van der Waals surface area contributed by atoms with Gasteiger partial charge < -0.3 is 0 Å². The Kier molecular flexibility index (Phi) is 6.04. The van der Waals surface area contributed by atoms with E-state index in [1.165, 1.54) is 50.5 Å². The molecule has 18 heavy (non-hydrogen) atoms. The summed E-state index contributed by atoms with van der Waals surface area (Å²) in [5.74, 6) is 0.977. The highest BCUT2D eigenvalue weighted by Gasteiger charge is 2.15. The second kappa shape index (κ2) is 7.55. The first-order chi connectivity index (χ1) is 8.75. The minimum atomic E-state index is 0.569. The normalized spacial score (nSPS) is 18.8. The molecule has 0 nitrogen and oxygen atoms in total. The van der Waals surface area contributed by atoms with Crippen molar-refractivity contribution >= 4 is 27.5 Å². The predicted molar refractivity (Wildman–Crippen MR) is 83.7 cm³/mol. The van der Waals surface area contributed by atoms with Crippen LogP contribution >= 0.6 is 27.5 Å². The highest BCUT2D eigenvalue weighted by Crippen LogP contribution is 2.30. The van der Waals surface area contributed by atoms with Crippen LogP contribution < -0.4 is 0 Å². The zero-order chi connectivity index (χ0) is 12.8. The van der Waals surface area contributed by atoms with E-state index in [2.05, 4.69) is 28.1 Å². The zero-order valence-electron chi connectivity index (χ0n) is 10.9. The summed E-state index contributed by atoms with van der Waals surface area (Å²) in [6.07, 6.45) is 10.9. The Morgan fingerprint density at radius 1 is 1.17 bits per heavy atom. The van der Waals surface area contributed by atoms with Crippen LogP contribution in [-0.2, 0) is 6.42 Å². The van der Waals surface area contributed by atoms with E-state index in [1.807, 2.05) is 12.1 Å². The Labute approximate surface area is 124 Å². The third-order valence-electron chi connectivity index (χ3n) is 4.01. The van der Waals surface area contributed by atoms with Gasteiger partial charge in [0, 0.05) is 9.85 Å². The largest absolute Gasteiger partial charge is 0.0887 e. The van der Waals surface area contributed by atoms with Gasteiger partial charge in [-0.25, -0.2) is 0 Å². The summed E-state index contributed by atoms with van der Waals surface area (Å²) in [6.45, 7) is 0. The van der Waals surface area contributed by atoms with E-state index >= 15 is 0 Å². The van der Waals surface area contributed by atoms with E-state index in [0.717, 1.165) is 17.4 Å². The Morgan fingerprint density at radius 3 is 2.61 bits per heavy atom. The molecule has 0 spiro atoms. The van der Waals surface area contributed by atoms with Gasteiger partial charge in [0.05, 0.1) is 0 Å². The molecule has 1 atom stereocenters. The lowest BCUT2D eigenvalue weighted by Gasteiger charge is -2.22. The van der Waals surface area contributed by atoms with Gasteiger partial charge in [-0.2, -0.15) is 0 Å². The molecule has 0 amide bonds. The summed E-state index contributed by atoms with van der Waals surface area (Å²) in [5, 5.41) is 0.902. The maximum Gasteiger partial charge on any atom is 0.0438 e. The van der Waals surface area contributed by atoms with Crippen LogP contribution in [0.5, 0.6) is 0 Å². The molecule has 1 aromatic carbocycles. The van der Waals surface area contributed by atoms with Gasteiger partial charge in [-0.05, 0) is 36.8 Å². The fourth-order valence-corrected chi connectivity index (χ4v) is 3.72. The van der Waals surface area contributed by atoms with E-state index in [-0.39, 0.29) is 0 Å². The summed E-state index contributed by atoms with van der Waals surface area (Å²) in [5.41, 5.74) is 1.27. The Morgan fingerprint density at radius 2 is 1.89 bits per heavy atom. The molecule has 0 radical (unpaired) electrons. The van der Waals surface area contributed by atoms with Crippen molar-refractivity contribution in [3.8, 4) is 0 Å². The van der Waals surface area contributed by atoms with Crippen molar-refractivity contribution < 1.29 is 0 Å². The van der Waals surface area contributed by atoms with E-state index in [0.29, 0.717) is 4.83 Å². The van der Waals surface area contributed by atoms with Gasteiger partial charge in [-0.1, -0.05) is 77.8 Å². The van der Waals surface area contributed by atoms with Crippen LogP contribution in [0, 0.1) is 5.92 Å². The Balaban J connectivity index is 1.74. The fraction of sp³-hybridized carbons (Fsp3) is 0.625. The molecule has 0 saturated heterocycles. The molecular weight excluding hydrogens is 308 g/mol. The minimum Gasteiger partial charge on any atom is -0.0887 e. The summed E-state index contributed by atoms with van der Waals surface area (Å²) in [7, 11) is 0. The van der Waals surface area contributed by atoms with Crippen molar-refractivity contribution in [2.75, 3.05) is 0 Å². The first-order valence-electron chi connectivity index (χ1n) is 7.13. The molecule has 1 aromatic rings. The maximum atomic E-state index is 6.20. The maximum absolute atomic E-state index is 6.20. The average molecular weight is 330 g/mol. The van der Waals surface area contributed by atoms with Crippen LogP contribution in [0.4, 0.5) is 0 Å². The first-order valence-corrected chi connectivity index (χ1v) is 8.42. The van der Waals surface area contributed by atoms with Crippen molar-refractivity contribution in [3.05, 3.63) is 34.9 Å². The molecule has 2 rings (SSSR count). The molecule has 0 aliphatic heterocycles. The van der Waals surface area contributed by atoms with E-state index < -0.39 is 0 Å². The average Bonchev–Trinajstić information content (AvgIpc) is 2.40. The molecule has 2 heteroatoms. The smallest absolute Gasteiger partial charge is 0.0438 e. The second-order valence-electron chi connectivity index (χ2n) is 5.47. The topological polar surface area (TPSA) is 0 Å². The van der Waals surface area contributed by atoms with Crippen molar-refractivity contribution in [1.82, 2.24) is 0 Å². The number of hydrogen-bond acceptors (Lipinski definition) is 0. The molecule has 1 aliphatic rings.